The van der Waals surface area contributed by atoms with Gasteiger partial charge in [0.2, 0.25) is 0 Å². The van der Waals surface area contributed by atoms with Crippen molar-refractivity contribution >= 4 is 11.8 Å². The van der Waals surface area contributed by atoms with Crippen molar-refractivity contribution in [2.45, 2.75) is 70.0 Å². The van der Waals surface area contributed by atoms with Crippen LogP contribution in [0.1, 0.15) is 67.7 Å². The number of ether oxygens (including phenoxy) is 1. The molecular formula is C27H32N2O3. The lowest BCUT2D eigenvalue weighted by Gasteiger charge is -2.65. The van der Waals surface area contributed by atoms with Gasteiger partial charge in [-0.25, -0.2) is 4.79 Å². The number of hydrogen-bond donors (Lipinski definition) is 1. The minimum Gasteiger partial charge on any atom is -0.497 e. The topological polar surface area (TPSA) is 62.1 Å². The molecule has 1 N–H and O–H groups in total. The van der Waals surface area contributed by atoms with Gasteiger partial charge in [0.25, 0.3) is 0 Å². The Balaban J connectivity index is 1.40. The number of aliphatic imine (C=N–C) groups is 1. The molecule has 0 aromatic heterocycles. The molecule has 1 amide bonds. The molecule has 3 saturated carbocycles. The number of carboxylic acid groups (broad SMARTS) is 1. The van der Waals surface area contributed by atoms with E-state index in [9.17, 15) is 9.90 Å². The van der Waals surface area contributed by atoms with Crippen molar-refractivity contribution in [2.24, 2.45) is 10.9 Å². The lowest BCUT2D eigenvalue weighted by Crippen LogP contribution is -2.68. The number of methoxy groups -OCH3 is 1. The van der Waals surface area contributed by atoms with Gasteiger partial charge in [-0.05, 0) is 67.3 Å². The van der Waals surface area contributed by atoms with Gasteiger partial charge in [0.1, 0.15) is 5.75 Å². The van der Waals surface area contributed by atoms with E-state index in [1.54, 1.807) is 12.0 Å². The van der Waals surface area contributed by atoms with Crippen LogP contribution in [0.15, 0.2) is 47.5 Å². The first-order valence-corrected chi connectivity index (χ1v) is 11.9. The largest absolute Gasteiger partial charge is 0.497 e. The average Bonchev–Trinajstić information content (AvgIpc) is 2.74. The third-order valence-electron chi connectivity index (χ3n) is 7.60. The smallest absolute Gasteiger partial charge is 0.408 e. The molecule has 3 fully saturated rings. The van der Waals surface area contributed by atoms with Crippen LogP contribution in [0.25, 0.3) is 0 Å². The number of nitrogens with zero attached hydrogens (tertiary/aromatic N) is 2. The Morgan fingerprint density at radius 1 is 1.19 bits per heavy atom. The van der Waals surface area contributed by atoms with Crippen molar-refractivity contribution < 1.29 is 14.6 Å². The van der Waals surface area contributed by atoms with Crippen molar-refractivity contribution in [1.29, 1.82) is 0 Å². The van der Waals surface area contributed by atoms with Crippen molar-refractivity contribution in [3.63, 3.8) is 0 Å². The zero-order chi connectivity index (χ0) is 22.3. The summed E-state index contributed by atoms with van der Waals surface area (Å²) in [4.78, 5) is 18.7. The molecule has 5 nitrogen and oxygen atoms in total. The molecule has 4 aliphatic rings. The third kappa shape index (κ3) is 3.68. The summed E-state index contributed by atoms with van der Waals surface area (Å²) in [5.41, 5.74) is 5.54. The van der Waals surface area contributed by atoms with Gasteiger partial charge in [-0.3, -0.25) is 9.89 Å². The van der Waals surface area contributed by atoms with Gasteiger partial charge in [0.15, 0.2) is 0 Å². The summed E-state index contributed by atoms with van der Waals surface area (Å²) >= 11 is 0. The van der Waals surface area contributed by atoms with Crippen molar-refractivity contribution in [3.8, 4) is 5.75 Å². The molecule has 2 aromatic carbocycles. The maximum Gasteiger partial charge on any atom is 0.408 e. The Morgan fingerprint density at radius 3 is 2.53 bits per heavy atom. The van der Waals surface area contributed by atoms with Crippen molar-refractivity contribution in [2.75, 3.05) is 7.11 Å². The van der Waals surface area contributed by atoms with E-state index in [2.05, 4.69) is 43.3 Å². The molecule has 6 rings (SSSR count). The molecule has 0 radical (unpaired) electrons. The Hall–Kier alpha value is -2.82. The van der Waals surface area contributed by atoms with Crippen molar-refractivity contribution in [3.05, 3.63) is 64.7 Å². The first-order valence-electron chi connectivity index (χ1n) is 11.9. The SMILES string of the molecule is CCCC[C@H]1Cc2cc(OC)ccc2C(c2ccc(CN(C(=O)O)C34CC(C3)C4)cc2)=N1. The van der Waals surface area contributed by atoms with Crippen LogP contribution in [0.5, 0.6) is 5.75 Å². The summed E-state index contributed by atoms with van der Waals surface area (Å²) in [5.74, 6) is 1.64. The number of carbonyl (C=O) groups is 1. The summed E-state index contributed by atoms with van der Waals surface area (Å²) < 4.78 is 5.46. The summed E-state index contributed by atoms with van der Waals surface area (Å²) in [5, 5.41) is 9.77. The minimum absolute atomic E-state index is 0.0902. The van der Waals surface area contributed by atoms with E-state index in [-0.39, 0.29) is 11.6 Å². The van der Waals surface area contributed by atoms with Gasteiger partial charge in [-0.1, -0.05) is 44.0 Å². The molecule has 1 atom stereocenters. The highest BCUT2D eigenvalue weighted by Crippen LogP contribution is 2.60. The Morgan fingerprint density at radius 2 is 1.94 bits per heavy atom. The highest BCUT2D eigenvalue weighted by molar-refractivity contribution is 6.14. The van der Waals surface area contributed by atoms with E-state index >= 15 is 0 Å². The van der Waals surface area contributed by atoms with E-state index in [0.29, 0.717) is 6.54 Å². The third-order valence-corrected chi connectivity index (χ3v) is 7.60. The summed E-state index contributed by atoms with van der Waals surface area (Å²) in [6.07, 6.45) is 6.69. The van der Waals surface area contributed by atoms with Crippen LogP contribution in [0, 0.1) is 5.92 Å². The Labute approximate surface area is 190 Å². The zero-order valence-corrected chi connectivity index (χ0v) is 19.0. The molecule has 2 aromatic rings. The predicted octanol–water partition coefficient (Wildman–Crippen LogP) is 5.68. The summed E-state index contributed by atoms with van der Waals surface area (Å²) in [7, 11) is 1.71. The number of hydrogen-bond acceptors (Lipinski definition) is 3. The van der Waals surface area contributed by atoms with E-state index < -0.39 is 6.09 Å². The minimum atomic E-state index is -0.800. The molecule has 0 saturated heterocycles. The van der Waals surface area contributed by atoms with Gasteiger partial charge >= 0.3 is 6.09 Å². The number of unbranched alkanes of at least 4 members (excludes halogenated alkanes) is 1. The fourth-order valence-corrected chi connectivity index (χ4v) is 5.64. The molecule has 1 heterocycles. The van der Waals surface area contributed by atoms with Crippen LogP contribution in [0.4, 0.5) is 4.79 Å². The average molecular weight is 433 g/mol. The molecule has 0 spiro atoms. The number of amides is 1. The second-order valence-electron chi connectivity index (χ2n) is 9.77. The predicted molar refractivity (Wildman–Crippen MR) is 126 cm³/mol. The van der Waals surface area contributed by atoms with Gasteiger partial charge < -0.3 is 9.84 Å². The monoisotopic (exact) mass is 432 g/mol. The second-order valence-corrected chi connectivity index (χ2v) is 9.77. The molecule has 1 aliphatic heterocycles. The maximum atomic E-state index is 11.9. The van der Waals surface area contributed by atoms with Crippen LogP contribution < -0.4 is 4.74 Å². The molecule has 0 unspecified atom stereocenters. The lowest BCUT2D eigenvalue weighted by molar-refractivity contribution is -0.131. The number of benzene rings is 2. The fourth-order valence-electron chi connectivity index (χ4n) is 5.64. The quantitative estimate of drug-likeness (QED) is 0.584. The molecule has 5 heteroatoms. The fraction of sp³-hybridized carbons (Fsp3) is 0.481. The standard InChI is InChI=1S/C27H32N2O3/c1-3-4-5-22-12-21-13-23(32-2)10-11-24(21)25(28-22)20-8-6-18(7-9-20)17-29(26(30)31)27-14-19(15-27)16-27/h6-11,13,19,22H,3-5,12,14-17H2,1-2H3,(H,30,31)/t19?,22-,27?/m0/s1. The highest BCUT2D eigenvalue weighted by Gasteiger charge is 2.61. The molecular weight excluding hydrogens is 400 g/mol. The number of fused-ring (bicyclic) bond motifs is 1. The highest BCUT2D eigenvalue weighted by atomic mass is 16.5. The van der Waals surface area contributed by atoms with E-state index in [0.717, 1.165) is 60.6 Å². The Kier molecular flexibility index (Phi) is 5.44. The molecule has 3 aliphatic carbocycles. The first kappa shape index (κ1) is 21.0. The Bertz CT molecular complexity index is 1030. The molecule has 32 heavy (non-hydrogen) atoms. The normalized spacial score (nSPS) is 25.1. The van der Waals surface area contributed by atoms with Crippen LogP contribution >= 0.6 is 0 Å². The number of rotatable bonds is 8. The van der Waals surface area contributed by atoms with Gasteiger partial charge in [0.05, 0.1) is 18.9 Å². The first-order chi connectivity index (χ1) is 15.5. The molecule has 2 bridgehead atoms. The van der Waals surface area contributed by atoms with Crippen molar-refractivity contribution in [1.82, 2.24) is 4.90 Å². The van der Waals surface area contributed by atoms with Gasteiger partial charge in [-0.2, -0.15) is 0 Å². The zero-order valence-electron chi connectivity index (χ0n) is 19.0. The van der Waals surface area contributed by atoms with Crippen LogP contribution in [-0.4, -0.2) is 40.5 Å². The summed E-state index contributed by atoms with van der Waals surface area (Å²) in [6, 6.07) is 14.9. The van der Waals surface area contributed by atoms with Gasteiger partial charge in [0, 0.05) is 23.2 Å². The van der Waals surface area contributed by atoms with Crippen LogP contribution in [-0.2, 0) is 13.0 Å². The molecule has 168 valence electrons. The van der Waals surface area contributed by atoms with E-state index in [1.165, 1.54) is 24.0 Å². The van der Waals surface area contributed by atoms with E-state index in [4.69, 9.17) is 9.73 Å². The van der Waals surface area contributed by atoms with E-state index in [1.807, 2.05) is 6.07 Å². The second kappa shape index (κ2) is 8.27. The lowest BCUT2D eigenvalue weighted by atomic mass is 9.49. The maximum absolute atomic E-state index is 11.9. The van der Waals surface area contributed by atoms with Crippen LogP contribution in [0.2, 0.25) is 0 Å². The van der Waals surface area contributed by atoms with Crippen LogP contribution in [0.3, 0.4) is 0 Å². The summed E-state index contributed by atoms with van der Waals surface area (Å²) in [6.45, 7) is 2.68. The van der Waals surface area contributed by atoms with Gasteiger partial charge in [-0.15, -0.1) is 0 Å².